The van der Waals surface area contributed by atoms with Crippen LogP contribution in [0.2, 0.25) is 0 Å². The van der Waals surface area contributed by atoms with E-state index in [9.17, 15) is 33.3 Å². The van der Waals surface area contributed by atoms with Crippen LogP contribution in [0.4, 0.5) is 17.6 Å². The molecule has 7 heterocycles. The van der Waals surface area contributed by atoms with Gasteiger partial charge in [0, 0.05) is 67.0 Å². The number of fused-ring (bicyclic) bond motifs is 16. The first-order chi connectivity index (χ1) is 44.7. The van der Waals surface area contributed by atoms with Gasteiger partial charge in [0.15, 0.2) is 34.8 Å². The predicted octanol–water partition coefficient (Wildman–Crippen LogP) is 18.6. The fourth-order valence-corrected chi connectivity index (χ4v) is 18.6. The molecule has 10 nitrogen and oxygen atoms in total. The SMILES string of the molecule is [C-]#[N+]/C(C#N)=C1\C(=C\c2sc3c(sc4c5c6nsnc6c6c7sc8c(C)c(/C=C9\C(=O)c%10cc(F)c(F)cc%10\C9=C(\C#N)[N+]#[C-])sc8c7n(CC(CC)CCCC)c6c5n(CC(CC)CCCC)c34)c2C#CC#CC#CC#CC#CC#C)C(=O)c2cc(F)c(F)cc21. The zero-order valence-electron chi connectivity index (χ0n) is 49.7. The Bertz CT molecular complexity index is 5670. The van der Waals surface area contributed by atoms with Crippen molar-refractivity contribution in [2.75, 3.05) is 0 Å². The smallest absolute Gasteiger partial charge is 0.270 e. The van der Waals surface area contributed by atoms with E-state index in [1.807, 2.05) is 19.1 Å². The Morgan fingerprint density at radius 3 is 1.46 bits per heavy atom. The van der Waals surface area contributed by atoms with Crippen LogP contribution in [0.5, 0.6) is 0 Å². The number of terminal acetylenes is 1. The van der Waals surface area contributed by atoms with E-state index >= 15 is 4.39 Å². The number of nitrogens with zero attached hydrogens (tertiary/aromatic N) is 8. The van der Waals surface area contributed by atoms with Crippen LogP contribution in [0.15, 0.2) is 46.8 Å². The van der Waals surface area contributed by atoms with Crippen molar-refractivity contribution in [3.8, 4) is 83.7 Å². The lowest BCUT2D eigenvalue weighted by Crippen LogP contribution is -2.13. The molecule has 446 valence electrons. The van der Waals surface area contributed by atoms with Crippen molar-refractivity contribution in [1.82, 2.24) is 17.9 Å². The van der Waals surface area contributed by atoms with Gasteiger partial charge in [-0.15, -0.1) is 51.8 Å². The molecule has 10 aromatic rings. The number of nitriles is 2. The summed E-state index contributed by atoms with van der Waals surface area (Å²) in [6.07, 6.45) is 16.0. The van der Waals surface area contributed by atoms with Crippen molar-refractivity contribution in [1.29, 1.82) is 10.5 Å². The summed E-state index contributed by atoms with van der Waals surface area (Å²) in [5.41, 5.74) is 5.03. The van der Waals surface area contributed by atoms with Crippen LogP contribution < -0.4 is 0 Å². The van der Waals surface area contributed by atoms with Crippen LogP contribution >= 0.6 is 57.1 Å². The zero-order valence-corrected chi connectivity index (χ0v) is 53.8. The number of aromatic nitrogens is 4. The number of carbonyl (C=O) groups excluding carboxylic acids is 2. The Kier molecular flexibility index (Phi) is 17.2. The van der Waals surface area contributed by atoms with Gasteiger partial charge in [-0.25, -0.2) is 37.8 Å². The molecule has 7 aromatic heterocycles. The van der Waals surface area contributed by atoms with Gasteiger partial charge in [0.1, 0.15) is 11.0 Å². The van der Waals surface area contributed by atoms with Gasteiger partial charge in [-0.3, -0.25) is 9.59 Å². The van der Waals surface area contributed by atoms with E-state index in [0.717, 1.165) is 159 Å². The highest BCUT2D eigenvalue weighted by Gasteiger charge is 2.38. The number of hydrogen-bond acceptors (Lipinski definition) is 11. The second kappa shape index (κ2) is 25.6. The van der Waals surface area contributed by atoms with E-state index in [2.05, 4.69) is 112 Å². The summed E-state index contributed by atoms with van der Waals surface area (Å²) < 4.78 is 80.4. The number of Topliss-reactive ketones (excluding diaryl/α,β-unsaturated/α-hetero) is 2. The van der Waals surface area contributed by atoms with Crippen molar-refractivity contribution >= 4 is 164 Å². The molecule has 0 radical (unpaired) electrons. The van der Waals surface area contributed by atoms with Crippen molar-refractivity contribution < 1.29 is 27.2 Å². The Labute approximate surface area is 546 Å². The summed E-state index contributed by atoms with van der Waals surface area (Å²) in [7, 11) is 0. The van der Waals surface area contributed by atoms with E-state index in [1.54, 1.807) is 23.5 Å². The maximum absolute atomic E-state index is 15.1. The fraction of sp³-hybridized carbons (Fsp3) is 0.233. The largest absolute Gasteiger partial charge is 0.337 e. The van der Waals surface area contributed by atoms with Gasteiger partial charge in [0.05, 0.1) is 92.8 Å². The maximum atomic E-state index is 15.1. The average Bonchev–Trinajstić information content (AvgIpc) is 1.51. The zero-order chi connectivity index (χ0) is 64.8. The molecular formula is C73H44F4N8O2S5. The minimum atomic E-state index is -1.26. The van der Waals surface area contributed by atoms with Crippen LogP contribution in [-0.2, 0) is 13.1 Å². The summed E-state index contributed by atoms with van der Waals surface area (Å²) in [6.45, 7) is 27.8. The molecule has 92 heavy (non-hydrogen) atoms. The number of allylic oxidation sites excluding steroid dienone is 6. The number of thiophene rings is 4. The minimum Gasteiger partial charge on any atom is -0.337 e. The first kappa shape index (κ1) is 62.0. The van der Waals surface area contributed by atoms with Crippen molar-refractivity contribution in [2.24, 2.45) is 11.8 Å². The van der Waals surface area contributed by atoms with E-state index < -0.39 is 46.2 Å². The monoisotopic (exact) mass is 1300 g/mol. The van der Waals surface area contributed by atoms with Crippen molar-refractivity contribution in [3.05, 3.63) is 136 Å². The summed E-state index contributed by atoms with van der Waals surface area (Å²) in [5.74, 6) is 23.3. The van der Waals surface area contributed by atoms with Crippen LogP contribution in [-0.4, -0.2) is 29.4 Å². The van der Waals surface area contributed by atoms with E-state index in [0.29, 0.717) is 33.9 Å². The molecule has 2 unspecified atom stereocenters. The van der Waals surface area contributed by atoms with Crippen LogP contribution in [0.1, 0.15) is 132 Å². The summed E-state index contributed by atoms with van der Waals surface area (Å²) in [4.78, 5) is 36.9. The van der Waals surface area contributed by atoms with E-state index in [1.165, 1.54) is 34.0 Å². The molecule has 0 bridgehead atoms. The number of unbranched alkanes of at least 4 members (excludes halogenated alkanes) is 2. The number of ketones is 2. The molecule has 3 aromatic carbocycles. The number of hydrogen-bond donors (Lipinski definition) is 0. The van der Waals surface area contributed by atoms with Gasteiger partial charge in [-0.2, -0.15) is 8.75 Å². The van der Waals surface area contributed by atoms with Crippen LogP contribution in [0.3, 0.4) is 0 Å². The quantitative estimate of drug-likeness (QED) is 0.0351. The Hall–Kier alpha value is -10.3. The first-order valence-corrected chi connectivity index (χ1v) is 33.3. The molecule has 0 N–H and O–H groups in total. The molecule has 2 aliphatic carbocycles. The molecule has 0 saturated heterocycles. The lowest BCUT2D eigenvalue weighted by atomic mass is 9.99. The lowest BCUT2D eigenvalue weighted by Gasteiger charge is -2.20. The second-order valence-electron chi connectivity index (χ2n) is 22.0. The standard InChI is InChI=1S/C73H44F4N8O2S5/c1-9-14-17-18-19-20-21-22-23-24-27-41-55(33-47-57(53(35-79)81-8)43-29-49(75)51(77)31-45(43)67(47)87)89-73-65-71(91-69(41)73)59-61-60(82-92-83-61)58-62(63(59)85(65)37-40(13-5)26-16-11-3)84(36-39(12-4)25-15-10-2)64-70(58)90-68-38(6)54(88-72(64)68)32-46-56(52(34-78)80-7)42-28-48(74)50(76)30-44(42)66(46)86/h1,28-33,39-40H,10-13,15-16,25-26,36-37H2,2-6H3/b46-32-,47-33-,56-52+,57-53-. The molecular weight excluding hydrogens is 1260 g/mol. The molecule has 0 fully saturated rings. The Morgan fingerprint density at radius 1 is 0.587 bits per heavy atom. The molecule has 12 rings (SSSR count). The number of rotatable bonds is 14. The molecule has 0 amide bonds. The third-order valence-electron chi connectivity index (χ3n) is 16.8. The highest BCUT2D eigenvalue weighted by atomic mass is 32.1. The molecule has 19 heteroatoms. The molecule has 0 saturated carbocycles. The molecule has 0 spiro atoms. The summed E-state index contributed by atoms with van der Waals surface area (Å²) in [6, 6.07) is 7.09. The Morgan fingerprint density at radius 2 is 1.01 bits per heavy atom. The summed E-state index contributed by atoms with van der Waals surface area (Å²) in [5, 5.41) is 22.3. The second-order valence-corrected chi connectivity index (χ2v) is 26.6. The van der Waals surface area contributed by atoms with Gasteiger partial charge in [-0.05, 0) is 150 Å². The summed E-state index contributed by atoms with van der Waals surface area (Å²) >= 11 is 7.08. The highest BCUT2D eigenvalue weighted by Crippen LogP contribution is 2.56. The number of carbonyl (C=O) groups is 2. The lowest BCUT2D eigenvalue weighted by molar-refractivity contribution is 0.103. The Balaban J connectivity index is 1.18. The van der Waals surface area contributed by atoms with Gasteiger partial charge in [0.2, 0.25) is 0 Å². The number of aryl methyl sites for hydroxylation is 1. The normalized spacial score (nSPS) is 15.0. The van der Waals surface area contributed by atoms with Crippen LogP contribution in [0, 0.1) is 149 Å². The van der Waals surface area contributed by atoms with Gasteiger partial charge in [-0.1, -0.05) is 66.2 Å². The third-order valence-corrected chi connectivity index (χ3v) is 22.6. The first-order valence-electron chi connectivity index (χ1n) is 29.3. The average molecular weight is 1300 g/mol. The molecule has 2 atom stereocenters. The minimum absolute atomic E-state index is 0.00104. The van der Waals surface area contributed by atoms with Crippen LogP contribution in [0.25, 0.3) is 105 Å². The molecule has 0 aliphatic heterocycles. The predicted molar refractivity (Wildman–Crippen MR) is 364 cm³/mol. The third kappa shape index (κ3) is 10.2. The number of benzene rings is 3. The maximum Gasteiger partial charge on any atom is 0.270 e. The molecule has 2 aliphatic rings. The van der Waals surface area contributed by atoms with E-state index in [-0.39, 0.29) is 56.4 Å². The van der Waals surface area contributed by atoms with E-state index in [4.69, 9.17) is 28.3 Å². The van der Waals surface area contributed by atoms with Gasteiger partial charge >= 0.3 is 0 Å². The fourth-order valence-electron chi connectivity index (χ4n) is 12.4. The van der Waals surface area contributed by atoms with Crippen molar-refractivity contribution in [3.63, 3.8) is 0 Å². The van der Waals surface area contributed by atoms with Crippen molar-refractivity contribution in [2.45, 2.75) is 99.1 Å². The number of halogens is 4. The van der Waals surface area contributed by atoms with Gasteiger partial charge in [0.25, 0.3) is 11.4 Å². The highest BCUT2D eigenvalue weighted by molar-refractivity contribution is 7.35. The van der Waals surface area contributed by atoms with Gasteiger partial charge < -0.3 is 9.13 Å². The topological polar surface area (TPSA) is 126 Å².